The summed E-state index contributed by atoms with van der Waals surface area (Å²) in [5, 5.41) is 0. The molecule has 0 bridgehead atoms. The maximum Gasteiger partial charge on any atom is 0.308 e. The molecule has 0 aliphatic carbocycles. The first kappa shape index (κ1) is 19.1. The Balaban J connectivity index is 1.95. The number of carbonyl (C=O) groups excluding carboxylic acids is 2. The molecule has 1 heterocycles. The zero-order chi connectivity index (χ0) is 19.4. The Morgan fingerprint density at radius 3 is 2.37 bits per heavy atom. The van der Waals surface area contributed by atoms with E-state index in [9.17, 15) is 18.0 Å². The van der Waals surface area contributed by atoms with Crippen molar-refractivity contribution < 1.29 is 22.7 Å². The van der Waals surface area contributed by atoms with E-state index in [1.54, 1.807) is 29.2 Å². The topological polar surface area (TPSA) is 80.8 Å². The van der Waals surface area contributed by atoms with Gasteiger partial charge in [0.05, 0.1) is 17.1 Å². The van der Waals surface area contributed by atoms with Gasteiger partial charge in [-0.05, 0) is 24.1 Å². The first-order valence-electron chi connectivity index (χ1n) is 8.68. The zero-order valence-corrected chi connectivity index (χ0v) is 15.8. The minimum atomic E-state index is -3.16. The van der Waals surface area contributed by atoms with E-state index in [2.05, 4.69) is 0 Å². The molecule has 0 N–H and O–H groups in total. The van der Waals surface area contributed by atoms with Gasteiger partial charge in [0.2, 0.25) is 0 Å². The number of nitrogens with zero attached hydrogens (tertiary/aromatic N) is 1. The fraction of sp³-hybridized carbons (Fsp3) is 0.300. The molecule has 1 fully saturated rings. The molecule has 1 aliphatic rings. The minimum absolute atomic E-state index is 0.0543. The maximum absolute atomic E-state index is 13.3. The van der Waals surface area contributed by atoms with Crippen molar-refractivity contribution >= 4 is 21.7 Å². The Morgan fingerprint density at radius 2 is 1.74 bits per heavy atom. The highest BCUT2D eigenvalue weighted by molar-refractivity contribution is 7.91. The van der Waals surface area contributed by atoms with Crippen LogP contribution in [0.3, 0.4) is 0 Å². The molecular formula is C20H21NO5S. The Labute approximate surface area is 158 Å². The van der Waals surface area contributed by atoms with Gasteiger partial charge in [0.25, 0.3) is 5.91 Å². The van der Waals surface area contributed by atoms with E-state index in [1.165, 1.54) is 6.92 Å². The monoisotopic (exact) mass is 387 g/mol. The number of para-hydroxylation sites is 1. The van der Waals surface area contributed by atoms with Crippen LogP contribution in [0.5, 0.6) is 5.75 Å². The molecule has 1 amide bonds. The molecule has 1 saturated heterocycles. The lowest BCUT2D eigenvalue weighted by Crippen LogP contribution is -2.40. The molecular weight excluding hydrogens is 366 g/mol. The predicted octanol–water partition coefficient (Wildman–Crippen LogP) is 2.44. The number of ether oxygens (including phenoxy) is 1. The van der Waals surface area contributed by atoms with Gasteiger partial charge in [-0.1, -0.05) is 42.5 Å². The van der Waals surface area contributed by atoms with Gasteiger partial charge in [0, 0.05) is 19.5 Å². The summed E-state index contributed by atoms with van der Waals surface area (Å²) in [6.45, 7) is 1.56. The smallest absolute Gasteiger partial charge is 0.308 e. The number of carbonyl (C=O) groups is 2. The summed E-state index contributed by atoms with van der Waals surface area (Å²) in [6, 6.07) is 15.5. The molecule has 1 unspecified atom stereocenters. The number of benzene rings is 2. The summed E-state index contributed by atoms with van der Waals surface area (Å²) < 4.78 is 29.1. The van der Waals surface area contributed by atoms with Gasteiger partial charge in [0.15, 0.2) is 9.84 Å². The summed E-state index contributed by atoms with van der Waals surface area (Å²) in [5.41, 5.74) is 1.15. The quantitative estimate of drug-likeness (QED) is 0.581. The fourth-order valence-electron chi connectivity index (χ4n) is 3.21. The number of esters is 1. The third kappa shape index (κ3) is 4.74. The maximum atomic E-state index is 13.3. The van der Waals surface area contributed by atoms with Crippen LogP contribution in [0.15, 0.2) is 54.6 Å². The normalized spacial score (nSPS) is 18.0. The van der Waals surface area contributed by atoms with Gasteiger partial charge in [-0.3, -0.25) is 9.59 Å². The van der Waals surface area contributed by atoms with E-state index < -0.39 is 21.8 Å². The van der Waals surface area contributed by atoms with Crippen molar-refractivity contribution in [3.05, 3.63) is 65.7 Å². The molecule has 0 radical (unpaired) electrons. The van der Waals surface area contributed by atoms with Crippen molar-refractivity contribution in [1.82, 2.24) is 4.90 Å². The Hall–Kier alpha value is -2.67. The third-order valence-corrected chi connectivity index (χ3v) is 6.23. The van der Waals surface area contributed by atoms with Crippen molar-refractivity contribution in [2.45, 2.75) is 25.9 Å². The Bertz CT molecular complexity index is 940. The highest BCUT2D eigenvalue weighted by Crippen LogP contribution is 2.26. The van der Waals surface area contributed by atoms with Gasteiger partial charge >= 0.3 is 5.97 Å². The molecule has 27 heavy (non-hydrogen) atoms. The van der Waals surface area contributed by atoms with Gasteiger partial charge in [-0.15, -0.1) is 0 Å². The second-order valence-electron chi connectivity index (χ2n) is 6.57. The van der Waals surface area contributed by atoms with E-state index in [1.807, 2.05) is 30.3 Å². The van der Waals surface area contributed by atoms with Crippen LogP contribution < -0.4 is 4.74 Å². The number of amides is 1. The van der Waals surface area contributed by atoms with E-state index in [4.69, 9.17) is 4.74 Å². The van der Waals surface area contributed by atoms with Crippen LogP contribution in [0.2, 0.25) is 0 Å². The van der Waals surface area contributed by atoms with Crippen LogP contribution in [0.25, 0.3) is 0 Å². The molecule has 0 spiro atoms. The van der Waals surface area contributed by atoms with Crippen LogP contribution in [0.1, 0.15) is 29.3 Å². The van der Waals surface area contributed by atoms with Crippen LogP contribution in [0, 0.1) is 0 Å². The Kier molecular flexibility index (Phi) is 5.60. The third-order valence-electron chi connectivity index (χ3n) is 4.48. The standard InChI is InChI=1S/C20H21NO5S/c1-15(22)26-19-10-6-5-9-18(19)20(23)21(13-16-7-3-2-4-8-16)17-11-12-27(24,25)14-17/h2-10,17H,11-14H2,1H3. The fourth-order valence-corrected chi connectivity index (χ4v) is 4.94. The number of hydrogen-bond acceptors (Lipinski definition) is 5. The molecule has 1 aliphatic heterocycles. The van der Waals surface area contributed by atoms with Gasteiger partial charge < -0.3 is 9.64 Å². The van der Waals surface area contributed by atoms with E-state index in [-0.39, 0.29) is 35.3 Å². The molecule has 2 aromatic carbocycles. The molecule has 7 heteroatoms. The second-order valence-corrected chi connectivity index (χ2v) is 8.79. The highest BCUT2D eigenvalue weighted by atomic mass is 32.2. The molecule has 6 nitrogen and oxygen atoms in total. The van der Waals surface area contributed by atoms with E-state index in [0.29, 0.717) is 6.42 Å². The Morgan fingerprint density at radius 1 is 1.07 bits per heavy atom. The summed E-state index contributed by atoms with van der Waals surface area (Å²) >= 11 is 0. The number of sulfone groups is 1. The lowest BCUT2D eigenvalue weighted by Gasteiger charge is -2.29. The molecule has 0 saturated carbocycles. The molecule has 3 rings (SSSR count). The average molecular weight is 387 g/mol. The molecule has 142 valence electrons. The van der Waals surface area contributed by atoms with Crippen molar-refractivity contribution in [2.75, 3.05) is 11.5 Å². The summed E-state index contributed by atoms with van der Waals surface area (Å²) in [5.74, 6) is -0.677. The number of rotatable bonds is 5. The summed E-state index contributed by atoms with van der Waals surface area (Å²) in [7, 11) is -3.16. The average Bonchev–Trinajstić information content (AvgIpc) is 2.99. The van der Waals surface area contributed by atoms with Crippen molar-refractivity contribution in [3.63, 3.8) is 0 Å². The van der Waals surface area contributed by atoms with E-state index in [0.717, 1.165) is 5.56 Å². The first-order chi connectivity index (χ1) is 12.9. The van der Waals surface area contributed by atoms with Crippen molar-refractivity contribution in [2.24, 2.45) is 0 Å². The molecule has 1 atom stereocenters. The van der Waals surface area contributed by atoms with Crippen molar-refractivity contribution in [1.29, 1.82) is 0 Å². The summed E-state index contributed by atoms with van der Waals surface area (Å²) in [6.07, 6.45) is 0.399. The van der Waals surface area contributed by atoms with Gasteiger partial charge in [-0.2, -0.15) is 0 Å². The van der Waals surface area contributed by atoms with Crippen LogP contribution in [0.4, 0.5) is 0 Å². The van der Waals surface area contributed by atoms with Gasteiger partial charge in [-0.25, -0.2) is 8.42 Å². The molecule has 2 aromatic rings. The number of hydrogen-bond donors (Lipinski definition) is 0. The SMILES string of the molecule is CC(=O)Oc1ccccc1C(=O)N(Cc1ccccc1)C1CCS(=O)(=O)C1. The summed E-state index contributed by atoms with van der Waals surface area (Å²) in [4.78, 5) is 26.2. The lowest BCUT2D eigenvalue weighted by molar-refractivity contribution is -0.131. The zero-order valence-electron chi connectivity index (χ0n) is 15.0. The van der Waals surface area contributed by atoms with Crippen LogP contribution >= 0.6 is 0 Å². The van der Waals surface area contributed by atoms with Crippen LogP contribution in [-0.2, 0) is 21.2 Å². The van der Waals surface area contributed by atoms with E-state index >= 15 is 0 Å². The largest absolute Gasteiger partial charge is 0.426 e. The van der Waals surface area contributed by atoms with Crippen LogP contribution in [-0.4, -0.2) is 42.7 Å². The first-order valence-corrected chi connectivity index (χ1v) is 10.5. The predicted molar refractivity (Wildman–Crippen MR) is 101 cm³/mol. The minimum Gasteiger partial charge on any atom is -0.426 e. The lowest BCUT2D eigenvalue weighted by atomic mass is 10.1. The van der Waals surface area contributed by atoms with Crippen molar-refractivity contribution in [3.8, 4) is 5.75 Å². The second kappa shape index (κ2) is 7.92. The highest BCUT2D eigenvalue weighted by Gasteiger charge is 2.35. The van der Waals surface area contributed by atoms with Gasteiger partial charge in [0.1, 0.15) is 5.75 Å². The molecule has 0 aromatic heterocycles.